The number of rotatable bonds is 5. The van der Waals surface area contributed by atoms with Gasteiger partial charge in [0.1, 0.15) is 0 Å². The summed E-state index contributed by atoms with van der Waals surface area (Å²) in [6.07, 6.45) is 6.16. The lowest BCUT2D eigenvalue weighted by atomic mass is 9.92. The number of aryl methyl sites for hydroxylation is 1. The molecular formula is C17H23N3O. The van der Waals surface area contributed by atoms with E-state index in [-0.39, 0.29) is 12.1 Å². The Kier molecular flexibility index (Phi) is 4.36. The zero-order valence-electron chi connectivity index (χ0n) is 12.7. The molecule has 4 heteroatoms. The fraction of sp³-hybridized carbons (Fsp3) is 0.471. The second-order valence-corrected chi connectivity index (χ2v) is 5.60. The quantitative estimate of drug-likeness (QED) is 0.918. The summed E-state index contributed by atoms with van der Waals surface area (Å²) in [7, 11) is 1.96. The summed E-state index contributed by atoms with van der Waals surface area (Å²) in [6.45, 7) is 3.89. The Labute approximate surface area is 126 Å². The maximum Gasteiger partial charge on any atom is 0.0845 e. The smallest absolute Gasteiger partial charge is 0.0845 e. The number of nitrogens with one attached hydrogen (secondary N) is 1. The van der Waals surface area contributed by atoms with Gasteiger partial charge in [0.05, 0.1) is 18.9 Å². The lowest BCUT2D eigenvalue weighted by Gasteiger charge is -2.29. The molecule has 0 fully saturated rings. The molecule has 112 valence electrons. The number of hydrogen-bond acceptors (Lipinski definition) is 3. The molecule has 2 atom stereocenters. The zero-order chi connectivity index (χ0) is 14.7. The summed E-state index contributed by atoms with van der Waals surface area (Å²) >= 11 is 0. The molecule has 1 aliphatic heterocycles. The van der Waals surface area contributed by atoms with Crippen LogP contribution in [0.2, 0.25) is 0 Å². The fourth-order valence-corrected chi connectivity index (χ4v) is 3.09. The highest BCUT2D eigenvalue weighted by Crippen LogP contribution is 2.34. The number of fused-ring (bicyclic) bond motifs is 1. The van der Waals surface area contributed by atoms with Gasteiger partial charge in [0.25, 0.3) is 0 Å². The van der Waals surface area contributed by atoms with Crippen molar-refractivity contribution in [1.82, 2.24) is 15.1 Å². The van der Waals surface area contributed by atoms with Crippen molar-refractivity contribution in [2.45, 2.75) is 31.9 Å². The summed E-state index contributed by atoms with van der Waals surface area (Å²) in [6, 6.07) is 8.92. The number of hydrogen-bond donors (Lipinski definition) is 1. The highest BCUT2D eigenvalue weighted by Gasteiger charge is 2.25. The highest BCUT2D eigenvalue weighted by molar-refractivity contribution is 5.31. The molecule has 0 amide bonds. The molecule has 2 heterocycles. The van der Waals surface area contributed by atoms with Gasteiger partial charge in [-0.15, -0.1) is 0 Å². The van der Waals surface area contributed by atoms with Gasteiger partial charge in [-0.1, -0.05) is 31.2 Å². The Morgan fingerprint density at radius 3 is 3.05 bits per heavy atom. The van der Waals surface area contributed by atoms with Crippen LogP contribution in [0, 0.1) is 0 Å². The molecule has 3 rings (SSSR count). The van der Waals surface area contributed by atoms with Crippen LogP contribution >= 0.6 is 0 Å². The number of nitrogens with zero attached hydrogens (tertiary/aromatic N) is 2. The average molecular weight is 285 g/mol. The first-order valence-electron chi connectivity index (χ1n) is 7.69. The van der Waals surface area contributed by atoms with Gasteiger partial charge in [-0.25, -0.2) is 0 Å². The molecule has 4 nitrogen and oxygen atoms in total. The third-order valence-electron chi connectivity index (χ3n) is 4.12. The summed E-state index contributed by atoms with van der Waals surface area (Å²) < 4.78 is 7.90. The molecule has 2 aromatic rings. The Morgan fingerprint density at radius 2 is 2.29 bits per heavy atom. The lowest BCUT2D eigenvalue weighted by molar-refractivity contribution is 0.0294. The minimum Gasteiger partial charge on any atom is -0.373 e. The molecule has 0 saturated heterocycles. The SMILES string of the molecule is CCNC(CC1OCCc2ccccc21)c1cnn(C)c1. The van der Waals surface area contributed by atoms with Crippen LogP contribution in [0.3, 0.4) is 0 Å². The van der Waals surface area contributed by atoms with E-state index in [0.29, 0.717) is 0 Å². The lowest BCUT2D eigenvalue weighted by Crippen LogP contribution is -2.26. The predicted molar refractivity (Wildman–Crippen MR) is 83.1 cm³/mol. The molecule has 0 saturated carbocycles. The largest absolute Gasteiger partial charge is 0.373 e. The Bertz CT molecular complexity index is 593. The van der Waals surface area contributed by atoms with E-state index in [4.69, 9.17) is 4.74 Å². The Balaban J connectivity index is 1.80. The average Bonchev–Trinajstić information content (AvgIpc) is 2.94. The van der Waals surface area contributed by atoms with Crippen molar-refractivity contribution in [3.05, 3.63) is 53.3 Å². The molecule has 1 aliphatic rings. The number of benzene rings is 1. The van der Waals surface area contributed by atoms with Crippen LogP contribution in [0.5, 0.6) is 0 Å². The molecule has 0 spiro atoms. The van der Waals surface area contributed by atoms with Crippen molar-refractivity contribution in [3.63, 3.8) is 0 Å². The van der Waals surface area contributed by atoms with E-state index in [1.165, 1.54) is 16.7 Å². The zero-order valence-corrected chi connectivity index (χ0v) is 12.7. The predicted octanol–water partition coefficient (Wildman–Crippen LogP) is 2.77. The van der Waals surface area contributed by atoms with E-state index in [9.17, 15) is 0 Å². The van der Waals surface area contributed by atoms with Crippen molar-refractivity contribution in [3.8, 4) is 0 Å². The van der Waals surface area contributed by atoms with Gasteiger partial charge >= 0.3 is 0 Å². The van der Waals surface area contributed by atoms with Gasteiger partial charge < -0.3 is 10.1 Å². The molecule has 1 aromatic heterocycles. The van der Waals surface area contributed by atoms with Crippen molar-refractivity contribution in [2.24, 2.45) is 7.05 Å². The molecule has 21 heavy (non-hydrogen) atoms. The maximum atomic E-state index is 6.04. The van der Waals surface area contributed by atoms with Crippen LogP contribution in [0.15, 0.2) is 36.7 Å². The van der Waals surface area contributed by atoms with Crippen LogP contribution in [0.1, 0.15) is 42.2 Å². The first-order chi connectivity index (χ1) is 10.3. The van der Waals surface area contributed by atoms with Gasteiger partial charge in [0.15, 0.2) is 0 Å². The van der Waals surface area contributed by atoms with Crippen LogP contribution in [0.4, 0.5) is 0 Å². The summed E-state index contributed by atoms with van der Waals surface area (Å²) in [5, 5.41) is 7.85. The molecule has 0 aliphatic carbocycles. The Morgan fingerprint density at radius 1 is 1.43 bits per heavy atom. The van der Waals surface area contributed by atoms with Crippen molar-refractivity contribution in [1.29, 1.82) is 0 Å². The third-order valence-corrected chi connectivity index (χ3v) is 4.12. The standard InChI is InChI=1S/C17H23N3O/c1-3-18-16(14-11-19-20(2)12-14)10-17-15-7-5-4-6-13(15)8-9-21-17/h4-7,11-12,16-18H,3,8-10H2,1-2H3. The van der Waals surface area contributed by atoms with E-state index in [1.807, 2.05) is 17.9 Å². The topological polar surface area (TPSA) is 39.1 Å². The minimum atomic E-state index is 0.166. The fourth-order valence-electron chi connectivity index (χ4n) is 3.09. The van der Waals surface area contributed by atoms with Crippen molar-refractivity contribution in [2.75, 3.05) is 13.2 Å². The summed E-state index contributed by atoms with van der Waals surface area (Å²) in [5.74, 6) is 0. The van der Waals surface area contributed by atoms with Gasteiger partial charge in [0.2, 0.25) is 0 Å². The first kappa shape index (κ1) is 14.3. The van der Waals surface area contributed by atoms with Crippen LogP contribution in [0.25, 0.3) is 0 Å². The maximum absolute atomic E-state index is 6.04. The Hall–Kier alpha value is -1.65. The molecular weight excluding hydrogens is 262 g/mol. The van der Waals surface area contributed by atoms with Crippen molar-refractivity contribution >= 4 is 0 Å². The second-order valence-electron chi connectivity index (χ2n) is 5.60. The molecule has 1 aromatic carbocycles. The van der Waals surface area contributed by atoms with Crippen molar-refractivity contribution < 1.29 is 4.74 Å². The third kappa shape index (κ3) is 3.17. The summed E-state index contributed by atoms with van der Waals surface area (Å²) in [4.78, 5) is 0. The highest BCUT2D eigenvalue weighted by atomic mass is 16.5. The minimum absolute atomic E-state index is 0.166. The second kappa shape index (κ2) is 6.41. The van der Waals surface area contributed by atoms with Gasteiger partial charge in [-0.05, 0) is 30.5 Å². The van der Waals surface area contributed by atoms with Crippen LogP contribution in [-0.2, 0) is 18.2 Å². The monoisotopic (exact) mass is 285 g/mol. The molecule has 2 unspecified atom stereocenters. The van der Waals surface area contributed by atoms with E-state index in [0.717, 1.165) is 26.0 Å². The van der Waals surface area contributed by atoms with Crippen LogP contribution < -0.4 is 5.32 Å². The number of aromatic nitrogens is 2. The molecule has 0 bridgehead atoms. The van der Waals surface area contributed by atoms with E-state index in [2.05, 4.69) is 47.8 Å². The van der Waals surface area contributed by atoms with E-state index < -0.39 is 0 Å². The normalized spacial score (nSPS) is 19.2. The van der Waals surface area contributed by atoms with Gasteiger partial charge in [-0.2, -0.15) is 5.10 Å². The molecule has 0 radical (unpaired) electrons. The first-order valence-corrected chi connectivity index (χ1v) is 7.69. The number of ether oxygens (including phenoxy) is 1. The van der Waals surface area contributed by atoms with Gasteiger partial charge in [0, 0.05) is 24.8 Å². The van der Waals surface area contributed by atoms with E-state index in [1.54, 1.807) is 0 Å². The van der Waals surface area contributed by atoms with E-state index >= 15 is 0 Å². The van der Waals surface area contributed by atoms with Crippen LogP contribution in [-0.4, -0.2) is 22.9 Å². The summed E-state index contributed by atoms with van der Waals surface area (Å²) in [5.41, 5.74) is 4.00. The van der Waals surface area contributed by atoms with Gasteiger partial charge in [-0.3, -0.25) is 4.68 Å². The molecule has 1 N–H and O–H groups in total.